The highest BCUT2D eigenvalue weighted by molar-refractivity contribution is 5.96. The van der Waals surface area contributed by atoms with Gasteiger partial charge in [0.15, 0.2) is 0 Å². The summed E-state index contributed by atoms with van der Waals surface area (Å²) in [7, 11) is 0. The Kier molecular flexibility index (Phi) is 7.76. The Labute approximate surface area is 197 Å². The number of nitrogens with one attached hydrogen (secondary N) is 1. The van der Waals surface area contributed by atoms with Crippen molar-refractivity contribution in [1.29, 1.82) is 0 Å². The predicted molar refractivity (Wildman–Crippen MR) is 125 cm³/mol. The molecule has 174 valence electrons. The normalized spacial score (nSPS) is 14.0. The summed E-state index contributed by atoms with van der Waals surface area (Å²) in [6.45, 7) is 4.89. The van der Waals surface area contributed by atoms with Crippen molar-refractivity contribution in [3.63, 3.8) is 0 Å². The molecular formula is C25H25ClF3N3O. The highest BCUT2D eigenvalue weighted by atomic mass is 35.5. The summed E-state index contributed by atoms with van der Waals surface area (Å²) in [5, 5.41) is 3.24. The first-order valence-electron chi connectivity index (χ1n) is 10.5. The van der Waals surface area contributed by atoms with E-state index < -0.39 is 11.7 Å². The fourth-order valence-electron chi connectivity index (χ4n) is 3.94. The van der Waals surface area contributed by atoms with Crippen molar-refractivity contribution < 1.29 is 18.0 Å². The molecule has 2 heterocycles. The van der Waals surface area contributed by atoms with E-state index in [1.54, 1.807) is 18.3 Å². The zero-order valence-corrected chi connectivity index (χ0v) is 19.0. The van der Waals surface area contributed by atoms with E-state index >= 15 is 0 Å². The molecule has 8 heteroatoms. The molecule has 1 N–H and O–H groups in total. The van der Waals surface area contributed by atoms with Crippen LogP contribution in [0.2, 0.25) is 0 Å². The van der Waals surface area contributed by atoms with Gasteiger partial charge >= 0.3 is 6.18 Å². The van der Waals surface area contributed by atoms with E-state index in [0.717, 1.165) is 41.5 Å². The summed E-state index contributed by atoms with van der Waals surface area (Å²) in [5.41, 5.74) is 3.94. The smallest absolute Gasteiger partial charge is 0.336 e. The molecule has 1 fully saturated rings. The van der Waals surface area contributed by atoms with Crippen LogP contribution in [0.25, 0.3) is 11.3 Å². The van der Waals surface area contributed by atoms with Crippen molar-refractivity contribution in [1.82, 2.24) is 15.2 Å². The van der Waals surface area contributed by atoms with Gasteiger partial charge in [-0.05, 0) is 60.4 Å². The molecule has 2 aromatic carbocycles. The maximum atomic E-state index is 13.0. The van der Waals surface area contributed by atoms with Gasteiger partial charge in [-0.3, -0.25) is 9.78 Å². The second-order valence-corrected chi connectivity index (χ2v) is 8.00. The molecule has 4 rings (SSSR count). The number of rotatable bonds is 4. The lowest BCUT2D eigenvalue weighted by Crippen LogP contribution is -2.46. The summed E-state index contributed by atoms with van der Waals surface area (Å²) in [4.78, 5) is 19.1. The Morgan fingerprint density at radius 1 is 1.03 bits per heavy atom. The van der Waals surface area contributed by atoms with Crippen molar-refractivity contribution in [2.45, 2.75) is 19.5 Å². The van der Waals surface area contributed by atoms with Crippen LogP contribution in [0.3, 0.4) is 0 Å². The van der Waals surface area contributed by atoms with E-state index in [-0.39, 0.29) is 18.3 Å². The Morgan fingerprint density at radius 2 is 1.76 bits per heavy atom. The topological polar surface area (TPSA) is 45.2 Å². The van der Waals surface area contributed by atoms with Gasteiger partial charge < -0.3 is 10.2 Å². The third kappa shape index (κ3) is 5.92. The van der Waals surface area contributed by atoms with E-state index in [0.29, 0.717) is 30.6 Å². The van der Waals surface area contributed by atoms with Gasteiger partial charge in [-0.15, -0.1) is 12.4 Å². The molecule has 4 nitrogen and oxygen atoms in total. The minimum absolute atomic E-state index is 0. The van der Waals surface area contributed by atoms with Crippen LogP contribution in [-0.2, 0) is 12.6 Å². The van der Waals surface area contributed by atoms with Gasteiger partial charge in [0.25, 0.3) is 5.91 Å². The summed E-state index contributed by atoms with van der Waals surface area (Å²) < 4.78 is 39.0. The Hall–Kier alpha value is -2.90. The van der Waals surface area contributed by atoms with Crippen LogP contribution < -0.4 is 5.32 Å². The Morgan fingerprint density at radius 3 is 2.45 bits per heavy atom. The number of halogens is 4. The molecule has 1 saturated heterocycles. The molecular weight excluding hydrogens is 451 g/mol. The third-order valence-corrected chi connectivity index (χ3v) is 5.64. The lowest BCUT2D eigenvalue weighted by atomic mass is 9.99. The highest BCUT2D eigenvalue weighted by Gasteiger charge is 2.30. The average molecular weight is 476 g/mol. The minimum atomic E-state index is -4.36. The highest BCUT2D eigenvalue weighted by Crippen LogP contribution is 2.30. The minimum Gasteiger partial charge on any atom is -0.336 e. The van der Waals surface area contributed by atoms with Gasteiger partial charge in [0.1, 0.15) is 0 Å². The molecule has 0 unspecified atom stereocenters. The molecule has 0 radical (unpaired) electrons. The molecule has 0 atom stereocenters. The number of alkyl halides is 3. The first-order valence-corrected chi connectivity index (χ1v) is 10.5. The fraction of sp³-hybridized carbons (Fsp3) is 0.280. The quantitative estimate of drug-likeness (QED) is 0.568. The van der Waals surface area contributed by atoms with Crippen LogP contribution in [0, 0.1) is 6.92 Å². The van der Waals surface area contributed by atoms with E-state index in [4.69, 9.17) is 0 Å². The molecule has 1 aliphatic heterocycles. The Balaban J connectivity index is 0.00000306. The number of carbonyl (C=O) groups excluding carboxylic acids is 1. The van der Waals surface area contributed by atoms with Crippen LogP contribution in [0.15, 0.2) is 60.8 Å². The van der Waals surface area contributed by atoms with Gasteiger partial charge in [-0.25, -0.2) is 0 Å². The molecule has 0 saturated carbocycles. The average Bonchev–Trinajstić information content (AvgIpc) is 2.79. The van der Waals surface area contributed by atoms with Crippen LogP contribution in [0.5, 0.6) is 0 Å². The van der Waals surface area contributed by atoms with Gasteiger partial charge in [-0.2, -0.15) is 13.2 Å². The number of amides is 1. The van der Waals surface area contributed by atoms with E-state index in [1.807, 2.05) is 36.1 Å². The van der Waals surface area contributed by atoms with Crippen LogP contribution in [-0.4, -0.2) is 42.0 Å². The lowest BCUT2D eigenvalue weighted by molar-refractivity contribution is -0.137. The molecule has 33 heavy (non-hydrogen) atoms. The lowest BCUT2D eigenvalue weighted by Gasteiger charge is -2.28. The third-order valence-electron chi connectivity index (χ3n) is 5.64. The largest absolute Gasteiger partial charge is 0.416 e. The van der Waals surface area contributed by atoms with E-state index in [9.17, 15) is 18.0 Å². The predicted octanol–water partition coefficient (Wildman–Crippen LogP) is 5.13. The van der Waals surface area contributed by atoms with Crippen molar-refractivity contribution in [3.05, 3.63) is 88.6 Å². The van der Waals surface area contributed by atoms with Gasteiger partial charge in [0, 0.05) is 43.5 Å². The fourth-order valence-corrected chi connectivity index (χ4v) is 3.94. The first kappa shape index (κ1) is 24.7. The number of hydrogen-bond donors (Lipinski definition) is 1. The second kappa shape index (κ2) is 10.4. The molecule has 1 aromatic heterocycles. The number of aryl methyl sites for hydroxylation is 1. The summed E-state index contributed by atoms with van der Waals surface area (Å²) in [5.74, 6) is 0.0295. The molecule has 1 amide bonds. The standard InChI is InChI=1S/C25H24F3N3O.ClH/c1-17-13-20(5-6-22(17)24(32)31-11-9-29-10-12-31)23-16-19(7-8-30-23)14-18-3-2-4-21(15-18)25(26,27)28;/h2-8,13,15-16,29H,9-12,14H2,1H3;1H. The molecule has 0 spiro atoms. The van der Waals surface area contributed by atoms with Gasteiger partial charge in [0.05, 0.1) is 11.3 Å². The summed E-state index contributed by atoms with van der Waals surface area (Å²) in [6, 6.07) is 14.7. The summed E-state index contributed by atoms with van der Waals surface area (Å²) in [6.07, 6.45) is -2.33. The van der Waals surface area contributed by atoms with Crippen molar-refractivity contribution in [2.24, 2.45) is 0 Å². The Bertz CT molecular complexity index is 1130. The number of piperazine rings is 1. The number of nitrogens with zero attached hydrogens (tertiary/aromatic N) is 2. The second-order valence-electron chi connectivity index (χ2n) is 8.00. The monoisotopic (exact) mass is 475 g/mol. The SMILES string of the molecule is Cc1cc(-c2cc(Cc3cccc(C(F)(F)F)c3)ccn2)ccc1C(=O)N1CCNCC1.Cl. The molecule has 1 aliphatic rings. The van der Waals surface area contributed by atoms with Crippen molar-refractivity contribution in [2.75, 3.05) is 26.2 Å². The maximum absolute atomic E-state index is 13.0. The van der Waals surface area contributed by atoms with Crippen LogP contribution in [0.4, 0.5) is 13.2 Å². The summed E-state index contributed by atoms with van der Waals surface area (Å²) >= 11 is 0. The molecule has 3 aromatic rings. The zero-order valence-electron chi connectivity index (χ0n) is 18.2. The number of pyridine rings is 1. The molecule has 0 bridgehead atoms. The number of hydrogen-bond acceptors (Lipinski definition) is 3. The van der Waals surface area contributed by atoms with Gasteiger partial charge in [-0.1, -0.05) is 24.3 Å². The number of aromatic nitrogens is 1. The van der Waals surface area contributed by atoms with Gasteiger partial charge in [0.2, 0.25) is 0 Å². The zero-order chi connectivity index (χ0) is 22.7. The molecule has 0 aliphatic carbocycles. The number of carbonyl (C=O) groups is 1. The number of benzene rings is 2. The van der Waals surface area contributed by atoms with Crippen LogP contribution in [0.1, 0.15) is 32.6 Å². The van der Waals surface area contributed by atoms with E-state index in [2.05, 4.69) is 10.3 Å². The van der Waals surface area contributed by atoms with Crippen LogP contribution >= 0.6 is 12.4 Å². The van der Waals surface area contributed by atoms with E-state index in [1.165, 1.54) is 12.1 Å². The van der Waals surface area contributed by atoms with Crippen molar-refractivity contribution >= 4 is 18.3 Å². The maximum Gasteiger partial charge on any atom is 0.416 e. The van der Waals surface area contributed by atoms with Crippen molar-refractivity contribution in [3.8, 4) is 11.3 Å². The first-order chi connectivity index (χ1) is 15.3.